The van der Waals surface area contributed by atoms with Gasteiger partial charge in [-0.3, -0.25) is 4.79 Å². The number of aromatic amines is 1. The number of aromatic nitrogens is 6. The third kappa shape index (κ3) is 2.88. The second kappa shape index (κ2) is 6.62. The van der Waals surface area contributed by atoms with Crippen molar-refractivity contribution in [2.45, 2.75) is 6.54 Å². The Morgan fingerprint density at radius 2 is 1.82 bits per heavy atom. The van der Waals surface area contributed by atoms with Gasteiger partial charge in [0, 0.05) is 17.9 Å². The van der Waals surface area contributed by atoms with Crippen molar-refractivity contribution in [1.29, 1.82) is 0 Å². The summed E-state index contributed by atoms with van der Waals surface area (Å²) in [6, 6.07) is 19.3. The Morgan fingerprint density at radius 3 is 2.71 bits per heavy atom. The van der Waals surface area contributed by atoms with E-state index >= 15 is 0 Å². The molecule has 0 amide bonds. The van der Waals surface area contributed by atoms with Gasteiger partial charge in [-0.1, -0.05) is 36.4 Å². The first-order chi connectivity index (χ1) is 13.8. The molecule has 2 aromatic carbocycles. The fourth-order valence-corrected chi connectivity index (χ4v) is 3.22. The SMILES string of the molecule is O=c1[nH]c2ccccc2cc1-c1nccn1Cc1cnn(-c2ccccc2)n1. The Morgan fingerprint density at radius 1 is 1.00 bits per heavy atom. The van der Waals surface area contributed by atoms with Crippen molar-refractivity contribution < 1.29 is 0 Å². The molecule has 136 valence electrons. The largest absolute Gasteiger partial charge is 0.325 e. The molecule has 3 aromatic heterocycles. The normalized spacial score (nSPS) is 11.1. The molecule has 0 radical (unpaired) electrons. The minimum Gasteiger partial charge on any atom is -0.325 e. The number of nitrogens with one attached hydrogen (secondary N) is 1. The van der Waals surface area contributed by atoms with Gasteiger partial charge >= 0.3 is 0 Å². The van der Waals surface area contributed by atoms with Crippen LogP contribution in [0.1, 0.15) is 5.69 Å². The van der Waals surface area contributed by atoms with E-state index in [4.69, 9.17) is 0 Å². The van der Waals surface area contributed by atoms with Crippen LogP contribution in [0.3, 0.4) is 0 Å². The Bertz CT molecular complexity index is 1320. The second-order valence-electron chi connectivity index (χ2n) is 6.44. The number of nitrogens with zero attached hydrogens (tertiary/aromatic N) is 5. The molecule has 0 aliphatic carbocycles. The van der Waals surface area contributed by atoms with Gasteiger partial charge in [-0.05, 0) is 29.7 Å². The lowest BCUT2D eigenvalue weighted by Crippen LogP contribution is -2.12. The molecule has 0 atom stereocenters. The van der Waals surface area contributed by atoms with Crippen molar-refractivity contribution in [1.82, 2.24) is 29.5 Å². The van der Waals surface area contributed by atoms with Gasteiger partial charge in [0.25, 0.3) is 5.56 Å². The third-order valence-electron chi connectivity index (χ3n) is 4.57. The highest BCUT2D eigenvalue weighted by Crippen LogP contribution is 2.19. The minimum absolute atomic E-state index is 0.168. The number of pyridine rings is 1. The van der Waals surface area contributed by atoms with Crippen LogP contribution in [0.15, 0.2) is 84.0 Å². The fraction of sp³-hybridized carbons (Fsp3) is 0.0476. The highest BCUT2D eigenvalue weighted by molar-refractivity contribution is 5.82. The first-order valence-electron chi connectivity index (χ1n) is 8.88. The van der Waals surface area contributed by atoms with Crippen LogP contribution in [-0.2, 0) is 6.54 Å². The molecule has 0 unspecified atom stereocenters. The van der Waals surface area contributed by atoms with E-state index in [0.717, 1.165) is 22.3 Å². The van der Waals surface area contributed by atoms with Gasteiger partial charge in [0.2, 0.25) is 0 Å². The summed E-state index contributed by atoms with van der Waals surface area (Å²) < 4.78 is 1.90. The zero-order valence-corrected chi connectivity index (χ0v) is 14.9. The van der Waals surface area contributed by atoms with Crippen molar-refractivity contribution in [2.75, 3.05) is 0 Å². The molecule has 1 N–H and O–H groups in total. The maximum atomic E-state index is 12.6. The van der Waals surface area contributed by atoms with E-state index in [1.165, 1.54) is 0 Å². The lowest BCUT2D eigenvalue weighted by molar-refractivity contribution is 0.714. The van der Waals surface area contributed by atoms with E-state index < -0.39 is 0 Å². The number of rotatable bonds is 4. The summed E-state index contributed by atoms with van der Waals surface area (Å²) >= 11 is 0. The molecule has 7 nitrogen and oxygen atoms in total. The van der Waals surface area contributed by atoms with E-state index in [-0.39, 0.29) is 5.56 Å². The average molecular weight is 368 g/mol. The van der Waals surface area contributed by atoms with Gasteiger partial charge in [0.15, 0.2) is 0 Å². The smallest absolute Gasteiger partial charge is 0.259 e. The summed E-state index contributed by atoms with van der Waals surface area (Å²) in [6.45, 7) is 0.467. The van der Waals surface area contributed by atoms with Crippen LogP contribution in [0.5, 0.6) is 0 Å². The fourth-order valence-electron chi connectivity index (χ4n) is 3.22. The minimum atomic E-state index is -0.168. The highest BCUT2D eigenvalue weighted by Gasteiger charge is 2.13. The summed E-state index contributed by atoms with van der Waals surface area (Å²) in [4.78, 5) is 21.5. The summed E-state index contributed by atoms with van der Waals surface area (Å²) in [6.07, 6.45) is 5.25. The number of para-hydroxylation sites is 2. The molecule has 0 aliphatic rings. The second-order valence-corrected chi connectivity index (χ2v) is 6.44. The molecule has 3 heterocycles. The highest BCUT2D eigenvalue weighted by atomic mass is 16.1. The topological polar surface area (TPSA) is 81.4 Å². The van der Waals surface area contributed by atoms with Crippen molar-refractivity contribution in [3.8, 4) is 17.1 Å². The number of hydrogen-bond acceptors (Lipinski definition) is 4. The first kappa shape index (κ1) is 16.2. The van der Waals surface area contributed by atoms with Gasteiger partial charge in [0.05, 0.1) is 24.0 Å². The quantitative estimate of drug-likeness (QED) is 0.529. The van der Waals surface area contributed by atoms with Crippen LogP contribution in [0.4, 0.5) is 0 Å². The van der Waals surface area contributed by atoms with Gasteiger partial charge in [-0.2, -0.15) is 15.0 Å². The summed E-state index contributed by atoms with van der Waals surface area (Å²) in [5.41, 5.74) is 2.84. The van der Waals surface area contributed by atoms with Crippen molar-refractivity contribution in [3.63, 3.8) is 0 Å². The number of fused-ring (bicyclic) bond motifs is 1. The van der Waals surface area contributed by atoms with Gasteiger partial charge in [0.1, 0.15) is 11.5 Å². The Labute approximate surface area is 159 Å². The van der Waals surface area contributed by atoms with Crippen LogP contribution in [0, 0.1) is 0 Å². The molecule has 0 fully saturated rings. The standard InChI is InChI=1S/C21H16N6O/c28-21-18(12-15-6-4-5-9-19(15)24-21)20-22-10-11-26(20)14-16-13-23-27(25-16)17-7-2-1-3-8-17/h1-13H,14H2,(H,24,28). The van der Waals surface area contributed by atoms with E-state index in [1.807, 2.05) is 71.4 Å². The Hall–Kier alpha value is -4.00. The van der Waals surface area contributed by atoms with E-state index in [0.29, 0.717) is 17.9 Å². The summed E-state index contributed by atoms with van der Waals surface area (Å²) in [5.74, 6) is 0.598. The molecule has 7 heteroatoms. The molecular weight excluding hydrogens is 352 g/mol. The zero-order valence-electron chi connectivity index (χ0n) is 14.9. The maximum Gasteiger partial charge on any atom is 0.259 e. The molecular formula is C21H16N6O. The van der Waals surface area contributed by atoms with Gasteiger partial charge < -0.3 is 9.55 Å². The monoisotopic (exact) mass is 368 g/mol. The predicted octanol–water partition coefficient (Wildman–Crippen LogP) is 3.02. The van der Waals surface area contributed by atoms with Crippen LogP contribution in [0.2, 0.25) is 0 Å². The average Bonchev–Trinajstić information content (AvgIpc) is 3.38. The zero-order chi connectivity index (χ0) is 18.9. The van der Waals surface area contributed by atoms with Crippen LogP contribution in [0.25, 0.3) is 28.0 Å². The molecule has 0 bridgehead atoms. The van der Waals surface area contributed by atoms with Crippen molar-refractivity contribution in [3.05, 3.63) is 95.3 Å². The lowest BCUT2D eigenvalue weighted by Gasteiger charge is -2.07. The van der Waals surface area contributed by atoms with Crippen molar-refractivity contribution >= 4 is 10.9 Å². The Balaban J connectivity index is 1.50. The summed E-state index contributed by atoms with van der Waals surface area (Å²) in [5, 5.41) is 9.83. The molecule has 28 heavy (non-hydrogen) atoms. The van der Waals surface area contributed by atoms with E-state index in [1.54, 1.807) is 17.2 Å². The molecule has 0 spiro atoms. The first-order valence-corrected chi connectivity index (χ1v) is 8.88. The Kier molecular flexibility index (Phi) is 3.83. The number of H-pyrrole nitrogens is 1. The molecule has 5 aromatic rings. The van der Waals surface area contributed by atoms with Crippen LogP contribution < -0.4 is 5.56 Å². The summed E-state index contributed by atoms with van der Waals surface area (Å²) in [7, 11) is 0. The molecule has 0 aliphatic heterocycles. The number of imidazole rings is 1. The van der Waals surface area contributed by atoms with Crippen LogP contribution >= 0.6 is 0 Å². The molecule has 5 rings (SSSR count). The third-order valence-corrected chi connectivity index (χ3v) is 4.57. The predicted molar refractivity (Wildman–Crippen MR) is 106 cm³/mol. The van der Waals surface area contributed by atoms with Gasteiger partial charge in [-0.25, -0.2) is 4.98 Å². The van der Waals surface area contributed by atoms with Gasteiger partial charge in [-0.15, -0.1) is 0 Å². The van der Waals surface area contributed by atoms with Crippen LogP contribution in [-0.4, -0.2) is 29.5 Å². The molecule has 0 saturated heterocycles. The van der Waals surface area contributed by atoms with E-state index in [2.05, 4.69) is 20.2 Å². The maximum absolute atomic E-state index is 12.6. The van der Waals surface area contributed by atoms with Crippen molar-refractivity contribution in [2.24, 2.45) is 0 Å². The number of hydrogen-bond donors (Lipinski definition) is 1. The molecule has 0 saturated carbocycles. The number of benzene rings is 2. The van der Waals surface area contributed by atoms with E-state index in [9.17, 15) is 4.79 Å². The lowest BCUT2D eigenvalue weighted by atomic mass is 10.1.